The summed E-state index contributed by atoms with van der Waals surface area (Å²) in [7, 11) is 0. The predicted molar refractivity (Wildman–Crippen MR) is 131 cm³/mol. The molecular weight excluding hydrogens is 422 g/mol. The molecule has 2 aromatic heterocycles. The summed E-state index contributed by atoms with van der Waals surface area (Å²) in [6.45, 7) is 10.2. The number of nitrogens with zero attached hydrogens (tertiary/aromatic N) is 6. The number of fused-ring (bicyclic) bond motifs is 3. The molecule has 4 aromatic rings. The highest BCUT2D eigenvalue weighted by Gasteiger charge is 2.18. The molecule has 1 saturated heterocycles. The van der Waals surface area contributed by atoms with Crippen molar-refractivity contribution in [2.75, 3.05) is 49.5 Å². The van der Waals surface area contributed by atoms with Crippen LogP contribution in [0.4, 0.5) is 11.5 Å². The van der Waals surface area contributed by atoms with Gasteiger partial charge in [-0.3, -0.25) is 9.30 Å². The second kappa shape index (κ2) is 8.92. The number of hydrogen-bond donors (Lipinski definition) is 1. The second-order valence-electron chi connectivity index (χ2n) is 8.40. The Kier molecular flexibility index (Phi) is 5.85. The molecular formula is C24H28ClN7. The number of rotatable bonds is 6. The van der Waals surface area contributed by atoms with Gasteiger partial charge in [-0.15, -0.1) is 10.2 Å². The molecule has 0 saturated carbocycles. The topological polar surface area (TPSA) is 61.6 Å². The van der Waals surface area contributed by atoms with Gasteiger partial charge in [-0.25, -0.2) is 4.98 Å². The van der Waals surface area contributed by atoms with Crippen LogP contribution >= 0.6 is 11.6 Å². The number of anilines is 2. The maximum Gasteiger partial charge on any atom is 0.204 e. The van der Waals surface area contributed by atoms with Gasteiger partial charge in [0.2, 0.25) is 5.65 Å². The number of para-hydroxylation sites is 2. The lowest BCUT2D eigenvalue weighted by molar-refractivity contribution is 0.257. The van der Waals surface area contributed by atoms with E-state index < -0.39 is 0 Å². The molecule has 166 valence electrons. The summed E-state index contributed by atoms with van der Waals surface area (Å²) in [6, 6.07) is 14.3. The fraction of sp³-hybridized carbons (Fsp3) is 0.375. The molecule has 2 aromatic carbocycles. The Morgan fingerprint density at radius 1 is 1.00 bits per heavy atom. The van der Waals surface area contributed by atoms with Gasteiger partial charge in [0.25, 0.3) is 0 Å². The van der Waals surface area contributed by atoms with Crippen LogP contribution in [-0.4, -0.2) is 63.8 Å². The summed E-state index contributed by atoms with van der Waals surface area (Å²) in [5, 5.41) is 12.9. The standard InChI is InChI=1S/C24H28ClN7/c1-17-8-9-19(25)16-22(17)31-14-12-30(13-15-31)11-5-10-26-23-24-29-28-18(2)32(24)21-7-4-3-6-20(21)27-23/h3-4,6-9,16H,5,10-15H2,1-2H3,(H,26,27). The van der Waals surface area contributed by atoms with Crippen LogP contribution in [0.15, 0.2) is 42.5 Å². The number of benzene rings is 2. The van der Waals surface area contributed by atoms with E-state index in [0.717, 1.165) is 79.0 Å². The molecule has 32 heavy (non-hydrogen) atoms. The van der Waals surface area contributed by atoms with Gasteiger partial charge in [-0.1, -0.05) is 29.8 Å². The first-order valence-corrected chi connectivity index (χ1v) is 11.6. The van der Waals surface area contributed by atoms with Crippen LogP contribution in [0.25, 0.3) is 16.7 Å². The zero-order valence-corrected chi connectivity index (χ0v) is 19.3. The molecule has 0 atom stereocenters. The summed E-state index contributed by atoms with van der Waals surface area (Å²) in [5.41, 5.74) is 5.30. The Balaban J connectivity index is 1.17. The number of aromatic nitrogens is 4. The van der Waals surface area contributed by atoms with Crippen LogP contribution in [0, 0.1) is 13.8 Å². The highest BCUT2D eigenvalue weighted by Crippen LogP contribution is 2.25. The van der Waals surface area contributed by atoms with Crippen LogP contribution in [0.5, 0.6) is 0 Å². The third kappa shape index (κ3) is 4.10. The molecule has 0 unspecified atom stereocenters. The van der Waals surface area contributed by atoms with E-state index in [1.54, 1.807) is 0 Å². The van der Waals surface area contributed by atoms with E-state index >= 15 is 0 Å². The van der Waals surface area contributed by atoms with Gasteiger partial charge in [0.05, 0.1) is 11.0 Å². The Labute approximate surface area is 193 Å². The first-order chi connectivity index (χ1) is 15.6. The Morgan fingerprint density at radius 3 is 2.66 bits per heavy atom. The van der Waals surface area contributed by atoms with Gasteiger partial charge in [0, 0.05) is 43.4 Å². The van der Waals surface area contributed by atoms with Crippen molar-refractivity contribution in [3.8, 4) is 0 Å². The van der Waals surface area contributed by atoms with Gasteiger partial charge in [-0.05, 0) is 56.6 Å². The minimum Gasteiger partial charge on any atom is -0.369 e. The maximum atomic E-state index is 6.21. The van der Waals surface area contributed by atoms with Crippen molar-refractivity contribution in [3.63, 3.8) is 0 Å². The van der Waals surface area contributed by atoms with Crippen LogP contribution in [-0.2, 0) is 0 Å². The minimum atomic E-state index is 0.784. The van der Waals surface area contributed by atoms with Gasteiger partial charge < -0.3 is 10.2 Å². The number of aryl methyl sites for hydroxylation is 2. The highest BCUT2D eigenvalue weighted by atomic mass is 35.5. The van der Waals surface area contributed by atoms with Gasteiger partial charge in [0.15, 0.2) is 5.82 Å². The summed E-state index contributed by atoms with van der Waals surface area (Å²) < 4.78 is 2.07. The number of halogens is 1. The molecule has 5 rings (SSSR count). The fourth-order valence-electron chi connectivity index (χ4n) is 4.49. The van der Waals surface area contributed by atoms with Gasteiger partial charge in [-0.2, -0.15) is 0 Å². The third-order valence-electron chi connectivity index (χ3n) is 6.22. The molecule has 1 aliphatic heterocycles. The highest BCUT2D eigenvalue weighted by molar-refractivity contribution is 6.30. The van der Waals surface area contributed by atoms with Crippen LogP contribution in [0.3, 0.4) is 0 Å². The van der Waals surface area contributed by atoms with Crippen LogP contribution in [0.2, 0.25) is 5.02 Å². The molecule has 0 spiro atoms. The van der Waals surface area contributed by atoms with E-state index in [0.29, 0.717) is 0 Å². The summed E-state index contributed by atoms with van der Waals surface area (Å²) in [4.78, 5) is 9.77. The van der Waals surface area contributed by atoms with Crippen molar-refractivity contribution in [2.24, 2.45) is 0 Å². The predicted octanol–water partition coefficient (Wildman–Crippen LogP) is 4.17. The lowest BCUT2D eigenvalue weighted by Crippen LogP contribution is -2.47. The lowest BCUT2D eigenvalue weighted by Gasteiger charge is -2.37. The third-order valence-corrected chi connectivity index (χ3v) is 6.45. The van der Waals surface area contributed by atoms with Crippen molar-refractivity contribution in [3.05, 3.63) is 58.9 Å². The van der Waals surface area contributed by atoms with Gasteiger partial charge in [0.1, 0.15) is 5.82 Å². The van der Waals surface area contributed by atoms with E-state index in [1.165, 1.54) is 11.3 Å². The summed E-state index contributed by atoms with van der Waals surface area (Å²) in [5.74, 6) is 1.67. The van der Waals surface area contributed by atoms with Crippen molar-refractivity contribution in [1.29, 1.82) is 0 Å². The SMILES string of the molecule is Cc1ccc(Cl)cc1N1CCN(CCCNc2nc3ccccc3n3c(C)nnc23)CC1. The van der Waals surface area contributed by atoms with E-state index in [9.17, 15) is 0 Å². The van der Waals surface area contributed by atoms with E-state index in [1.807, 2.05) is 31.2 Å². The molecule has 0 radical (unpaired) electrons. The molecule has 1 N–H and O–H groups in total. The van der Waals surface area contributed by atoms with E-state index in [-0.39, 0.29) is 0 Å². The quantitative estimate of drug-likeness (QED) is 0.446. The van der Waals surface area contributed by atoms with Crippen molar-refractivity contribution in [2.45, 2.75) is 20.3 Å². The van der Waals surface area contributed by atoms with E-state index in [2.05, 4.69) is 54.8 Å². The molecule has 1 fully saturated rings. The summed E-state index contributed by atoms with van der Waals surface area (Å²) >= 11 is 6.21. The maximum absolute atomic E-state index is 6.21. The van der Waals surface area contributed by atoms with Crippen LogP contribution < -0.4 is 10.2 Å². The zero-order chi connectivity index (χ0) is 22.1. The second-order valence-corrected chi connectivity index (χ2v) is 8.83. The van der Waals surface area contributed by atoms with Crippen molar-refractivity contribution >= 4 is 39.8 Å². The Morgan fingerprint density at radius 2 is 1.81 bits per heavy atom. The molecule has 1 aliphatic rings. The van der Waals surface area contributed by atoms with Crippen molar-refractivity contribution in [1.82, 2.24) is 24.5 Å². The Hall–Kier alpha value is -2.90. The van der Waals surface area contributed by atoms with E-state index in [4.69, 9.17) is 16.6 Å². The zero-order valence-electron chi connectivity index (χ0n) is 18.6. The first kappa shape index (κ1) is 21.0. The first-order valence-electron chi connectivity index (χ1n) is 11.2. The van der Waals surface area contributed by atoms with Crippen molar-refractivity contribution < 1.29 is 0 Å². The molecule has 0 amide bonds. The smallest absolute Gasteiger partial charge is 0.204 e. The molecule has 0 aliphatic carbocycles. The molecule has 3 heterocycles. The normalized spacial score (nSPS) is 15.0. The van der Waals surface area contributed by atoms with Crippen LogP contribution in [0.1, 0.15) is 17.8 Å². The average molecular weight is 450 g/mol. The summed E-state index contributed by atoms with van der Waals surface area (Å²) in [6.07, 6.45) is 1.05. The number of hydrogen-bond acceptors (Lipinski definition) is 6. The number of nitrogens with one attached hydrogen (secondary N) is 1. The minimum absolute atomic E-state index is 0.784. The molecule has 7 nitrogen and oxygen atoms in total. The van der Waals surface area contributed by atoms with Gasteiger partial charge >= 0.3 is 0 Å². The lowest BCUT2D eigenvalue weighted by atomic mass is 10.1. The average Bonchev–Trinajstić information content (AvgIpc) is 3.21. The fourth-order valence-corrected chi connectivity index (χ4v) is 4.65. The monoisotopic (exact) mass is 449 g/mol. The molecule has 8 heteroatoms. The number of piperazine rings is 1. The molecule has 0 bridgehead atoms. The Bertz CT molecular complexity index is 1240. The largest absolute Gasteiger partial charge is 0.369 e.